The Labute approximate surface area is 170 Å². The van der Waals surface area contributed by atoms with E-state index in [9.17, 15) is 9.59 Å². The lowest BCUT2D eigenvalue weighted by Crippen LogP contribution is -2.50. The van der Waals surface area contributed by atoms with Gasteiger partial charge in [-0.3, -0.25) is 14.6 Å². The Bertz CT molecular complexity index is 873. The van der Waals surface area contributed by atoms with Gasteiger partial charge in [0.2, 0.25) is 11.8 Å². The van der Waals surface area contributed by atoms with Crippen LogP contribution in [0, 0.1) is 12.8 Å². The second kappa shape index (κ2) is 8.71. The summed E-state index contributed by atoms with van der Waals surface area (Å²) >= 11 is 0. The minimum absolute atomic E-state index is 0.0150. The summed E-state index contributed by atoms with van der Waals surface area (Å²) in [5.41, 5.74) is 9.29. The van der Waals surface area contributed by atoms with Crippen molar-refractivity contribution >= 4 is 17.5 Å². The van der Waals surface area contributed by atoms with Crippen LogP contribution in [0.2, 0.25) is 0 Å². The Balaban J connectivity index is 1.34. The highest BCUT2D eigenvalue weighted by molar-refractivity contribution is 5.93. The molecule has 0 saturated carbocycles. The number of carbonyl (C=O) groups excluding carboxylic acids is 2. The van der Waals surface area contributed by atoms with Crippen LogP contribution in [-0.2, 0) is 9.59 Å². The molecule has 4 rings (SSSR count). The second-order valence-corrected chi connectivity index (χ2v) is 7.90. The highest BCUT2D eigenvalue weighted by Crippen LogP contribution is 2.25. The Hall–Kier alpha value is -2.77. The van der Waals surface area contributed by atoms with E-state index in [4.69, 9.17) is 0 Å². The molecule has 3 unspecified atom stereocenters. The Morgan fingerprint density at radius 3 is 2.90 bits per heavy atom. The molecule has 3 heterocycles. The third-order valence-corrected chi connectivity index (χ3v) is 5.68. The zero-order chi connectivity index (χ0) is 20.2. The van der Waals surface area contributed by atoms with Crippen molar-refractivity contribution in [3.63, 3.8) is 0 Å². The number of nitrogens with zero attached hydrogens (tertiary/aromatic N) is 2. The number of benzene rings is 1. The van der Waals surface area contributed by atoms with Crippen molar-refractivity contribution in [2.45, 2.75) is 38.3 Å². The molecule has 2 aliphatic heterocycles. The van der Waals surface area contributed by atoms with Gasteiger partial charge in [-0.25, -0.2) is 10.9 Å². The van der Waals surface area contributed by atoms with Gasteiger partial charge in [0.05, 0.1) is 5.92 Å². The average molecular weight is 393 g/mol. The van der Waals surface area contributed by atoms with E-state index < -0.39 is 0 Å². The number of amides is 2. The maximum atomic E-state index is 13.0. The standard InChI is InChI=1S/C22H27N5O2/c1-15-5-2-8-18(11-15)24-21(28)17-7-4-10-27(14-17)22(29)20-12-19(25-26-20)16-6-3-9-23-13-16/h2-3,5-6,8-9,11,13,17,19-20,25-26H,4,7,10,12,14H2,1H3,(H,24,28). The Kier molecular flexibility index (Phi) is 5.87. The number of hydrogen-bond acceptors (Lipinski definition) is 5. The molecule has 7 nitrogen and oxygen atoms in total. The molecule has 0 aliphatic carbocycles. The molecule has 3 atom stereocenters. The zero-order valence-corrected chi connectivity index (χ0v) is 16.6. The quantitative estimate of drug-likeness (QED) is 0.741. The van der Waals surface area contributed by atoms with Crippen LogP contribution in [-0.4, -0.2) is 40.8 Å². The fourth-order valence-electron chi connectivity index (χ4n) is 4.10. The van der Waals surface area contributed by atoms with Crippen molar-refractivity contribution in [2.75, 3.05) is 18.4 Å². The number of piperidine rings is 1. The van der Waals surface area contributed by atoms with E-state index in [1.54, 1.807) is 6.20 Å². The molecular weight excluding hydrogens is 366 g/mol. The number of anilines is 1. The smallest absolute Gasteiger partial charge is 0.241 e. The molecule has 152 valence electrons. The minimum Gasteiger partial charge on any atom is -0.341 e. The highest BCUT2D eigenvalue weighted by atomic mass is 16.2. The number of rotatable bonds is 4. The summed E-state index contributed by atoms with van der Waals surface area (Å²) < 4.78 is 0. The van der Waals surface area contributed by atoms with E-state index in [0.717, 1.165) is 29.7 Å². The molecule has 0 spiro atoms. The summed E-state index contributed by atoms with van der Waals surface area (Å²) in [5, 5.41) is 3.00. The molecule has 2 saturated heterocycles. The first kappa shape index (κ1) is 19.5. The van der Waals surface area contributed by atoms with E-state index in [2.05, 4.69) is 21.2 Å². The molecule has 2 fully saturated rings. The number of pyridine rings is 1. The van der Waals surface area contributed by atoms with Gasteiger partial charge in [0, 0.05) is 37.2 Å². The fraction of sp³-hybridized carbons (Fsp3) is 0.409. The molecule has 3 N–H and O–H groups in total. The van der Waals surface area contributed by atoms with Crippen LogP contribution in [0.25, 0.3) is 0 Å². The molecule has 2 amide bonds. The van der Waals surface area contributed by atoms with Gasteiger partial charge in [0.1, 0.15) is 6.04 Å². The van der Waals surface area contributed by atoms with Crippen molar-refractivity contribution < 1.29 is 9.59 Å². The molecular formula is C22H27N5O2. The Morgan fingerprint density at radius 1 is 1.21 bits per heavy atom. The van der Waals surface area contributed by atoms with Gasteiger partial charge >= 0.3 is 0 Å². The van der Waals surface area contributed by atoms with Gasteiger partial charge in [-0.05, 0) is 55.5 Å². The van der Waals surface area contributed by atoms with Crippen LogP contribution >= 0.6 is 0 Å². The predicted octanol–water partition coefficient (Wildman–Crippen LogP) is 2.17. The van der Waals surface area contributed by atoms with Gasteiger partial charge in [0.15, 0.2) is 0 Å². The molecule has 29 heavy (non-hydrogen) atoms. The lowest BCUT2D eigenvalue weighted by Gasteiger charge is -2.33. The molecule has 1 aromatic heterocycles. The SMILES string of the molecule is Cc1cccc(NC(=O)C2CCCN(C(=O)C3CC(c4cccnc4)NN3)C2)c1. The van der Waals surface area contributed by atoms with E-state index >= 15 is 0 Å². The number of hydrogen-bond donors (Lipinski definition) is 3. The van der Waals surface area contributed by atoms with Crippen molar-refractivity contribution in [1.82, 2.24) is 20.7 Å². The molecule has 0 bridgehead atoms. The van der Waals surface area contributed by atoms with Gasteiger partial charge in [-0.1, -0.05) is 18.2 Å². The zero-order valence-electron chi connectivity index (χ0n) is 16.6. The third-order valence-electron chi connectivity index (χ3n) is 5.68. The predicted molar refractivity (Wildman–Crippen MR) is 111 cm³/mol. The number of nitrogens with one attached hydrogen (secondary N) is 3. The van der Waals surface area contributed by atoms with Crippen molar-refractivity contribution in [1.29, 1.82) is 0 Å². The van der Waals surface area contributed by atoms with Crippen molar-refractivity contribution in [2.24, 2.45) is 5.92 Å². The molecule has 7 heteroatoms. The summed E-state index contributed by atoms with van der Waals surface area (Å²) in [7, 11) is 0. The van der Waals surface area contributed by atoms with Crippen LogP contribution in [0.1, 0.15) is 36.4 Å². The third kappa shape index (κ3) is 4.63. The number of hydrazine groups is 1. The number of aryl methyl sites for hydroxylation is 1. The summed E-state index contributed by atoms with van der Waals surface area (Å²) in [6, 6.07) is 11.4. The normalized spacial score (nSPS) is 24.3. The summed E-state index contributed by atoms with van der Waals surface area (Å²) in [4.78, 5) is 31.7. The van der Waals surface area contributed by atoms with Gasteiger partial charge < -0.3 is 10.2 Å². The van der Waals surface area contributed by atoms with Crippen molar-refractivity contribution in [3.8, 4) is 0 Å². The van der Waals surface area contributed by atoms with Gasteiger partial charge in [-0.2, -0.15) is 0 Å². The van der Waals surface area contributed by atoms with Crippen molar-refractivity contribution in [3.05, 3.63) is 59.9 Å². The summed E-state index contributed by atoms with van der Waals surface area (Å²) in [6.45, 7) is 3.16. The largest absolute Gasteiger partial charge is 0.341 e. The first-order valence-corrected chi connectivity index (χ1v) is 10.2. The van der Waals surface area contributed by atoms with Crippen LogP contribution in [0.4, 0.5) is 5.69 Å². The highest BCUT2D eigenvalue weighted by Gasteiger charge is 2.36. The van der Waals surface area contributed by atoms with Gasteiger partial charge in [0.25, 0.3) is 0 Å². The Morgan fingerprint density at radius 2 is 2.10 bits per heavy atom. The lowest BCUT2D eigenvalue weighted by atomic mass is 9.95. The number of carbonyl (C=O) groups is 2. The molecule has 2 aromatic rings. The average Bonchev–Trinajstić information content (AvgIpc) is 3.24. The molecule has 2 aliphatic rings. The monoisotopic (exact) mass is 393 g/mol. The van der Waals surface area contributed by atoms with E-state index in [0.29, 0.717) is 19.5 Å². The lowest BCUT2D eigenvalue weighted by molar-refractivity contribution is -0.136. The second-order valence-electron chi connectivity index (χ2n) is 7.90. The minimum atomic E-state index is -0.293. The van der Waals surface area contributed by atoms with E-state index in [1.165, 1.54) is 0 Å². The first-order valence-electron chi connectivity index (χ1n) is 10.2. The number of likely N-dealkylation sites (tertiary alicyclic amines) is 1. The molecule has 0 radical (unpaired) electrons. The van der Waals surface area contributed by atoms with Crippen LogP contribution in [0.15, 0.2) is 48.8 Å². The van der Waals surface area contributed by atoms with Crippen LogP contribution in [0.3, 0.4) is 0 Å². The van der Waals surface area contributed by atoms with Gasteiger partial charge in [-0.15, -0.1) is 0 Å². The maximum absolute atomic E-state index is 13.0. The van der Waals surface area contributed by atoms with E-state index in [1.807, 2.05) is 54.4 Å². The van der Waals surface area contributed by atoms with Crippen LogP contribution < -0.4 is 16.2 Å². The first-order chi connectivity index (χ1) is 14.1. The maximum Gasteiger partial charge on any atom is 0.241 e. The van der Waals surface area contributed by atoms with Crippen LogP contribution in [0.5, 0.6) is 0 Å². The number of aromatic nitrogens is 1. The summed E-state index contributed by atoms with van der Waals surface area (Å²) in [6.07, 6.45) is 5.87. The summed E-state index contributed by atoms with van der Waals surface area (Å²) in [5.74, 6) is -0.146. The topological polar surface area (TPSA) is 86.4 Å². The van der Waals surface area contributed by atoms with E-state index in [-0.39, 0.29) is 29.8 Å². The fourth-order valence-corrected chi connectivity index (χ4v) is 4.10. The molecule has 1 aromatic carbocycles.